The van der Waals surface area contributed by atoms with Crippen molar-refractivity contribution in [1.29, 1.82) is 0 Å². The normalized spacial score (nSPS) is 24.3. The summed E-state index contributed by atoms with van der Waals surface area (Å²) in [5, 5.41) is 17.3. The van der Waals surface area contributed by atoms with Crippen LogP contribution >= 0.6 is 0 Å². The fourth-order valence-electron chi connectivity index (χ4n) is 2.67. The maximum Gasteiger partial charge on any atom is 0.230 e. The fraction of sp³-hybridized carbons (Fsp3) is 0.857. The molecule has 0 aliphatic heterocycles. The first-order chi connectivity index (χ1) is 9.10. The second-order valence-corrected chi connectivity index (χ2v) is 5.96. The highest BCUT2D eigenvalue weighted by molar-refractivity contribution is 4.88. The van der Waals surface area contributed by atoms with E-state index >= 15 is 0 Å². The molecule has 0 spiro atoms. The Bertz CT molecular complexity index is 384. The number of hydrogen-bond acceptors (Lipinski definition) is 5. The van der Waals surface area contributed by atoms with Gasteiger partial charge >= 0.3 is 0 Å². The summed E-state index contributed by atoms with van der Waals surface area (Å²) in [7, 11) is 2.11. The van der Waals surface area contributed by atoms with E-state index in [-0.39, 0.29) is 5.92 Å². The Labute approximate surface area is 115 Å². The minimum absolute atomic E-state index is 0.284. The Morgan fingerprint density at radius 1 is 1.26 bits per heavy atom. The van der Waals surface area contributed by atoms with Gasteiger partial charge in [-0.2, -0.15) is 0 Å². The third-order valence-corrected chi connectivity index (χ3v) is 4.06. The zero-order valence-electron chi connectivity index (χ0n) is 12.2. The first-order valence-electron chi connectivity index (χ1n) is 7.23. The first-order valence-corrected chi connectivity index (χ1v) is 7.23. The lowest BCUT2D eigenvalue weighted by atomic mass is 9.86. The van der Waals surface area contributed by atoms with Gasteiger partial charge in [-0.05, 0) is 38.6 Å². The first kappa shape index (κ1) is 14.5. The van der Waals surface area contributed by atoms with Crippen LogP contribution in [0.5, 0.6) is 0 Å². The average Bonchev–Trinajstić information content (AvgIpc) is 2.87. The highest BCUT2D eigenvalue weighted by atomic mass is 16.4. The Morgan fingerprint density at radius 2 is 1.95 bits per heavy atom. The van der Waals surface area contributed by atoms with Gasteiger partial charge in [-0.25, -0.2) is 0 Å². The SMILES string of the molecule is CC(C)c1nnc(CN(C)C2CCC(CO)CC2)o1. The summed E-state index contributed by atoms with van der Waals surface area (Å²) in [5.74, 6) is 2.20. The number of hydrogen-bond donors (Lipinski definition) is 1. The standard InChI is InChI=1S/C14H25N3O2/c1-10(2)14-16-15-13(19-14)8-17(3)12-6-4-11(9-18)5-7-12/h10-12,18H,4-9H2,1-3H3. The highest BCUT2D eigenvalue weighted by Gasteiger charge is 2.24. The van der Waals surface area contributed by atoms with Crippen LogP contribution in [0.25, 0.3) is 0 Å². The molecule has 0 bridgehead atoms. The Balaban J connectivity index is 1.85. The van der Waals surface area contributed by atoms with Gasteiger partial charge in [-0.3, -0.25) is 4.90 Å². The summed E-state index contributed by atoms with van der Waals surface area (Å²) in [6.07, 6.45) is 4.53. The lowest BCUT2D eigenvalue weighted by Crippen LogP contribution is -2.35. The fourth-order valence-corrected chi connectivity index (χ4v) is 2.67. The molecule has 0 saturated heterocycles. The predicted molar refractivity (Wildman–Crippen MR) is 72.7 cm³/mol. The van der Waals surface area contributed by atoms with Crippen molar-refractivity contribution in [3.63, 3.8) is 0 Å². The maximum atomic E-state index is 9.16. The minimum atomic E-state index is 0.284. The van der Waals surface area contributed by atoms with Gasteiger partial charge in [0, 0.05) is 18.6 Å². The van der Waals surface area contributed by atoms with E-state index in [1.165, 1.54) is 0 Å². The minimum Gasteiger partial charge on any atom is -0.424 e. The molecular formula is C14H25N3O2. The van der Waals surface area contributed by atoms with Gasteiger partial charge in [0.05, 0.1) is 6.54 Å². The van der Waals surface area contributed by atoms with Crippen molar-refractivity contribution in [3.05, 3.63) is 11.8 Å². The molecule has 1 aliphatic rings. The average molecular weight is 267 g/mol. The van der Waals surface area contributed by atoms with Crippen LogP contribution in [0.2, 0.25) is 0 Å². The second-order valence-electron chi connectivity index (χ2n) is 5.96. The van der Waals surface area contributed by atoms with Crippen LogP contribution in [0.1, 0.15) is 57.2 Å². The molecular weight excluding hydrogens is 242 g/mol. The lowest BCUT2D eigenvalue weighted by Gasteiger charge is -2.33. The van der Waals surface area contributed by atoms with Gasteiger partial charge in [-0.1, -0.05) is 13.8 Å². The molecule has 2 rings (SSSR count). The van der Waals surface area contributed by atoms with Crippen LogP contribution in [0.3, 0.4) is 0 Å². The topological polar surface area (TPSA) is 62.4 Å². The van der Waals surface area contributed by atoms with Crippen molar-refractivity contribution in [3.8, 4) is 0 Å². The Hall–Kier alpha value is -0.940. The molecule has 0 unspecified atom stereocenters. The number of rotatable bonds is 5. The van der Waals surface area contributed by atoms with E-state index in [0.717, 1.165) is 25.7 Å². The van der Waals surface area contributed by atoms with Crippen molar-refractivity contribution < 1.29 is 9.52 Å². The van der Waals surface area contributed by atoms with Crippen molar-refractivity contribution in [2.45, 2.75) is 58.0 Å². The summed E-state index contributed by atoms with van der Waals surface area (Å²) >= 11 is 0. The summed E-state index contributed by atoms with van der Waals surface area (Å²) in [4.78, 5) is 2.30. The molecule has 0 aromatic carbocycles. The Morgan fingerprint density at radius 3 is 2.47 bits per heavy atom. The molecule has 1 aromatic heterocycles. The third-order valence-electron chi connectivity index (χ3n) is 4.06. The zero-order chi connectivity index (χ0) is 13.8. The molecule has 0 radical (unpaired) electrons. The predicted octanol–water partition coefficient (Wildman–Crippen LogP) is 2.18. The van der Waals surface area contributed by atoms with Crippen molar-refractivity contribution >= 4 is 0 Å². The van der Waals surface area contributed by atoms with Crippen LogP contribution in [0, 0.1) is 5.92 Å². The lowest BCUT2D eigenvalue weighted by molar-refractivity contribution is 0.118. The van der Waals surface area contributed by atoms with Crippen LogP contribution in [0.15, 0.2) is 4.42 Å². The van der Waals surface area contributed by atoms with Crippen LogP contribution < -0.4 is 0 Å². The molecule has 19 heavy (non-hydrogen) atoms. The molecule has 1 heterocycles. The molecule has 1 saturated carbocycles. The van der Waals surface area contributed by atoms with Crippen molar-refractivity contribution in [1.82, 2.24) is 15.1 Å². The molecule has 1 fully saturated rings. The monoisotopic (exact) mass is 267 g/mol. The number of aliphatic hydroxyl groups is 1. The van der Waals surface area contributed by atoms with E-state index in [0.29, 0.717) is 36.9 Å². The highest BCUT2D eigenvalue weighted by Crippen LogP contribution is 2.27. The summed E-state index contributed by atoms with van der Waals surface area (Å²) in [6.45, 7) is 5.15. The third kappa shape index (κ3) is 3.76. The second kappa shape index (κ2) is 6.48. The van der Waals surface area contributed by atoms with Crippen molar-refractivity contribution in [2.24, 2.45) is 5.92 Å². The van der Waals surface area contributed by atoms with E-state index in [4.69, 9.17) is 9.52 Å². The number of aliphatic hydroxyl groups excluding tert-OH is 1. The van der Waals surface area contributed by atoms with E-state index in [1.807, 2.05) is 0 Å². The van der Waals surface area contributed by atoms with Gasteiger partial charge < -0.3 is 9.52 Å². The van der Waals surface area contributed by atoms with Crippen LogP contribution in [0.4, 0.5) is 0 Å². The van der Waals surface area contributed by atoms with Gasteiger partial charge in [0.15, 0.2) is 0 Å². The maximum absolute atomic E-state index is 9.16. The summed E-state index contributed by atoms with van der Waals surface area (Å²) < 4.78 is 5.64. The van der Waals surface area contributed by atoms with E-state index in [9.17, 15) is 0 Å². The summed E-state index contributed by atoms with van der Waals surface area (Å²) in [6, 6.07) is 0.567. The molecule has 0 atom stereocenters. The quantitative estimate of drug-likeness (QED) is 0.886. The molecule has 1 N–H and O–H groups in total. The summed E-state index contributed by atoms with van der Waals surface area (Å²) in [5.41, 5.74) is 0. The Kier molecular flexibility index (Phi) is 4.93. The van der Waals surface area contributed by atoms with E-state index < -0.39 is 0 Å². The van der Waals surface area contributed by atoms with E-state index in [2.05, 4.69) is 36.0 Å². The molecule has 108 valence electrons. The molecule has 5 nitrogen and oxygen atoms in total. The van der Waals surface area contributed by atoms with Gasteiger partial charge in [-0.15, -0.1) is 10.2 Å². The van der Waals surface area contributed by atoms with Crippen LogP contribution in [-0.4, -0.2) is 39.9 Å². The van der Waals surface area contributed by atoms with Gasteiger partial charge in [0.2, 0.25) is 11.8 Å². The zero-order valence-corrected chi connectivity index (χ0v) is 12.2. The van der Waals surface area contributed by atoms with Gasteiger partial charge in [0.1, 0.15) is 0 Å². The van der Waals surface area contributed by atoms with E-state index in [1.54, 1.807) is 0 Å². The number of aromatic nitrogens is 2. The largest absolute Gasteiger partial charge is 0.424 e. The molecule has 1 aliphatic carbocycles. The molecule has 1 aromatic rings. The van der Waals surface area contributed by atoms with Crippen molar-refractivity contribution in [2.75, 3.05) is 13.7 Å². The molecule has 5 heteroatoms. The van der Waals surface area contributed by atoms with Crippen LogP contribution in [-0.2, 0) is 6.54 Å². The smallest absolute Gasteiger partial charge is 0.230 e. The molecule has 0 amide bonds. The number of nitrogens with zero attached hydrogens (tertiary/aromatic N) is 3. The van der Waals surface area contributed by atoms with Gasteiger partial charge in [0.25, 0.3) is 0 Å².